The second-order valence-corrected chi connectivity index (χ2v) is 3.81. The predicted octanol–water partition coefficient (Wildman–Crippen LogP) is 2.76. The summed E-state index contributed by atoms with van der Waals surface area (Å²) in [6.45, 7) is 2.05. The van der Waals surface area contributed by atoms with Crippen LogP contribution in [0.5, 0.6) is 0 Å². The van der Waals surface area contributed by atoms with Gasteiger partial charge in [-0.05, 0) is 30.2 Å². The predicted molar refractivity (Wildman–Crippen MR) is 65.1 cm³/mol. The number of carbonyl (C=O) groups is 1. The third kappa shape index (κ3) is 2.11. The van der Waals surface area contributed by atoms with Gasteiger partial charge in [0, 0.05) is 5.56 Å². The molecule has 2 N–H and O–H groups in total. The number of amides is 1. The van der Waals surface area contributed by atoms with Crippen LogP contribution in [0.1, 0.15) is 15.9 Å². The van der Waals surface area contributed by atoms with Crippen LogP contribution in [-0.4, -0.2) is 5.91 Å². The van der Waals surface area contributed by atoms with Gasteiger partial charge in [0.2, 0.25) is 5.91 Å². The van der Waals surface area contributed by atoms with Gasteiger partial charge in [-0.1, -0.05) is 42.0 Å². The molecular formula is C14H13NO. The molecule has 2 rings (SSSR count). The highest BCUT2D eigenvalue weighted by Gasteiger charge is 2.02. The van der Waals surface area contributed by atoms with Crippen LogP contribution in [0.4, 0.5) is 0 Å². The maximum atomic E-state index is 11.1. The van der Waals surface area contributed by atoms with Crippen molar-refractivity contribution in [3.8, 4) is 11.1 Å². The molecule has 0 saturated heterocycles. The van der Waals surface area contributed by atoms with Crippen molar-refractivity contribution in [3.05, 3.63) is 59.7 Å². The van der Waals surface area contributed by atoms with E-state index in [0.717, 1.165) is 11.1 Å². The summed E-state index contributed by atoms with van der Waals surface area (Å²) in [6, 6.07) is 15.5. The van der Waals surface area contributed by atoms with Gasteiger partial charge in [-0.3, -0.25) is 4.79 Å². The number of carbonyl (C=O) groups excluding carboxylic acids is 1. The van der Waals surface area contributed by atoms with Crippen LogP contribution < -0.4 is 5.73 Å². The smallest absolute Gasteiger partial charge is 0.248 e. The SMILES string of the molecule is Cc1ccc(-c2cccc(C(N)=O)c2)cc1. The van der Waals surface area contributed by atoms with Crippen molar-refractivity contribution in [1.29, 1.82) is 0 Å². The molecule has 0 unspecified atom stereocenters. The van der Waals surface area contributed by atoms with Crippen molar-refractivity contribution in [2.24, 2.45) is 5.73 Å². The fraction of sp³-hybridized carbons (Fsp3) is 0.0714. The second kappa shape index (κ2) is 4.19. The Morgan fingerprint density at radius 1 is 1.00 bits per heavy atom. The van der Waals surface area contributed by atoms with E-state index in [1.54, 1.807) is 6.07 Å². The standard InChI is InChI=1S/C14H13NO/c1-10-5-7-11(8-6-10)12-3-2-4-13(9-12)14(15)16/h2-9H,1H3,(H2,15,16). The molecule has 0 spiro atoms. The van der Waals surface area contributed by atoms with Gasteiger partial charge in [0.1, 0.15) is 0 Å². The lowest BCUT2D eigenvalue weighted by Crippen LogP contribution is -2.10. The fourth-order valence-corrected chi connectivity index (χ4v) is 1.60. The van der Waals surface area contributed by atoms with Crippen molar-refractivity contribution in [3.63, 3.8) is 0 Å². The molecule has 80 valence electrons. The molecule has 0 radical (unpaired) electrons. The normalized spacial score (nSPS) is 10.1. The van der Waals surface area contributed by atoms with Gasteiger partial charge in [-0.15, -0.1) is 0 Å². The Hall–Kier alpha value is -2.09. The quantitative estimate of drug-likeness (QED) is 0.815. The molecule has 0 atom stereocenters. The minimum Gasteiger partial charge on any atom is -0.366 e. The van der Waals surface area contributed by atoms with Crippen LogP contribution in [0.25, 0.3) is 11.1 Å². The summed E-state index contributed by atoms with van der Waals surface area (Å²) in [5.41, 5.74) is 9.11. The number of hydrogen-bond donors (Lipinski definition) is 1. The van der Waals surface area contributed by atoms with Crippen LogP contribution in [0, 0.1) is 6.92 Å². The molecule has 2 nitrogen and oxygen atoms in total. The number of rotatable bonds is 2. The lowest BCUT2D eigenvalue weighted by atomic mass is 10.0. The van der Waals surface area contributed by atoms with E-state index in [1.807, 2.05) is 49.4 Å². The molecule has 2 heteroatoms. The molecule has 0 fully saturated rings. The van der Waals surface area contributed by atoms with Crippen molar-refractivity contribution >= 4 is 5.91 Å². The summed E-state index contributed by atoms with van der Waals surface area (Å²) < 4.78 is 0. The van der Waals surface area contributed by atoms with Gasteiger partial charge in [-0.25, -0.2) is 0 Å². The Morgan fingerprint density at radius 2 is 1.69 bits per heavy atom. The Morgan fingerprint density at radius 3 is 2.31 bits per heavy atom. The van der Waals surface area contributed by atoms with E-state index in [-0.39, 0.29) is 0 Å². The second-order valence-electron chi connectivity index (χ2n) is 3.81. The van der Waals surface area contributed by atoms with Crippen molar-refractivity contribution < 1.29 is 4.79 Å². The van der Waals surface area contributed by atoms with E-state index in [4.69, 9.17) is 5.73 Å². The monoisotopic (exact) mass is 211 g/mol. The van der Waals surface area contributed by atoms with E-state index >= 15 is 0 Å². The third-order valence-corrected chi connectivity index (χ3v) is 2.53. The molecule has 0 aromatic heterocycles. The Bertz CT molecular complexity index is 515. The molecule has 0 saturated carbocycles. The lowest BCUT2D eigenvalue weighted by Gasteiger charge is -2.03. The Balaban J connectivity index is 2.44. The molecular weight excluding hydrogens is 198 g/mol. The first-order chi connectivity index (χ1) is 7.66. The zero-order valence-electron chi connectivity index (χ0n) is 9.10. The van der Waals surface area contributed by atoms with Crippen LogP contribution >= 0.6 is 0 Å². The Kier molecular flexibility index (Phi) is 2.73. The van der Waals surface area contributed by atoms with Crippen molar-refractivity contribution in [1.82, 2.24) is 0 Å². The average molecular weight is 211 g/mol. The number of aryl methyl sites for hydroxylation is 1. The minimum absolute atomic E-state index is 0.394. The highest BCUT2D eigenvalue weighted by atomic mass is 16.1. The number of primary amides is 1. The van der Waals surface area contributed by atoms with Crippen molar-refractivity contribution in [2.45, 2.75) is 6.92 Å². The summed E-state index contributed by atoms with van der Waals surface area (Å²) in [5.74, 6) is -0.394. The fourth-order valence-electron chi connectivity index (χ4n) is 1.60. The lowest BCUT2D eigenvalue weighted by molar-refractivity contribution is 0.100. The van der Waals surface area contributed by atoms with Gasteiger partial charge >= 0.3 is 0 Å². The zero-order chi connectivity index (χ0) is 11.5. The maximum Gasteiger partial charge on any atom is 0.248 e. The van der Waals surface area contributed by atoms with Gasteiger partial charge < -0.3 is 5.73 Å². The first kappa shape index (κ1) is 10.4. The topological polar surface area (TPSA) is 43.1 Å². The highest BCUT2D eigenvalue weighted by Crippen LogP contribution is 2.20. The summed E-state index contributed by atoms with van der Waals surface area (Å²) in [4.78, 5) is 11.1. The molecule has 16 heavy (non-hydrogen) atoms. The molecule has 0 aliphatic rings. The summed E-state index contributed by atoms with van der Waals surface area (Å²) in [6.07, 6.45) is 0. The molecule has 0 aliphatic carbocycles. The zero-order valence-corrected chi connectivity index (χ0v) is 9.10. The van der Waals surface area contributed by atoms with E-state index in [0.29, 0.717) is 5.56 Å². The van der Waals surface area contributed by atoms with Gasteiger partial charge in [0.05, 0.1) is 0 Å². The maximum absolute atomic E-state index is 11.1. The molecule has 2 aromatic carbocycles. The summed E-state index contributed by atoms with van der Waals surface area (Å²) in [7, 11) is 0. The first-order valence-corrected chi connectivity index (χ1v) is 5.14. The average Bonchev–Trinajstić information content (AvgIpc) is 2.30. The van der Waals surface area contributed by atoms with Crippen molar-refractivity contribution in [2.75, 3.05) is 0 Å². The van der Waals surface area contributed by atoms with Gasteiger partial charge in [0.15, 0.2) is 0 Å². The molecule has 2 aromatic rings. The van der Waals surface area contributed by atoms with E-state index in [1.165, 1.54) is 5.56 Å². The van der Waals surface area contributed by atoms with Crippen LogP contribution in [-0.2, 0) is 0 Å². The van der Waals surface area contributed by atoms with E-state index < -0.39 is 5.91 Å². The van der Waals surface area contributed by atoms with Crippen LogP contribution in [0.3, 0.4) is 0 Å². The first-order valence-electron chi connectivity index (χ1n) is 5.14. The highest BCUT2D eigenvalue weighted by molar-refractivity contribution is 5.94. The summed E-state index contributed by atoms with van der Waals surface area (Å²) >= 11 is 0. The van der Waals surface area contributed by atoms with Crippen LogP contribution in [0.2, 0.25) is 0 Å². The number of nitrogens with two attached hydrogens (primary N) is 1. The number of hydrogen-bond acceptors (Lipinski definition) is 1. The molecule has 0 heterocycles. The van der Waals surface area contributed by atoms with Gasteiger partial charge in [-0.2, -0.15) is 0 Å². The van der Waals surface area contributed by atoms with Gasteiger partial charge in [0.25, 0.3) is 0 Å². The Labute approximate surface area is 94.7 Å². The largest absolute Gasteiger partial charge is 0.366 e. The molecule has 0 aliphatic heterocycles. The van der Waals surface area contributed by atoms with E-state index in [9.17, 15) is 4.79 Å². The molecule has 1 amide bonds. The minimum atomic E-state index is -0.394. The molecule has 0 bridgehead atoms. The number of benzene rings is 2. The third-order valence-electron chi connectivity index (χ3n) is 2.53. The van der Waals surface area contributed by atoms with E-state index in [2.05, 4.69) is 0 Å². The summed E-state index contributed by atoms with van der Waals surface area (Å²) in [5, 5.41) is 0. The van der Waals surface area contributed by atoms with Crippen LogP contribution in [0.15, 0.2) is 48.5 Å².